The molecule has 0 aliphatic carbocycles. The Balaban J connectivity index is 1.57. The van der Waals surface area contributed by atoms with Crippen molar-refractivity contribution in [1.29, 1.82) is 0 Å². The lowest BCUT2D eigenvalue weighted by Crippen LogP contribution is -2.37. The molecule has 162 valence electrons. The fourth-order valence-electron chi connectivity index (χ4n) is 2.79. The molecule has 3 aromatic rings. The molecule has 0 bridgehead atoms. The highest BCUT2D eigenvalue weighted by molar-refractivity contribution is 6.58. The number of oxazole rings is 1. The van der Waals surface area contributed by atoms with Gasteiger partial charge in [-0.1, -0.05) is 12.1 Å². The van der Waals surface area contributed by atoms with Crippen molar-refractivity contribution < 1.29 is 33.8 Å². The van der Waals surface area contributed by atoms with Gasteiger partial charge in [-0.2, -0.15) is 0 Å². The Morgan fingerprint density at radius 2 is 1.68 bits per heavy atom. The van der Waals surface area contributed by atoms with Gasteiger partial charge in [0.25, 0.3) is 0 Å². The summed E-state index contributed by atoms with van der Waals surface area (Å²) in [5, 5.41) is 27.5. The number of benzene rings is 2. The third-order valence-corrected chi connectivity index (χ3v) is 4.67. The van der Waals surface area contributed by atoms with E-state index in [9.17, 15) is 14.8 Å². The van der Waals surface area contributed by atoms with E-state index < -0.39 is 18.7 Å². The first-order valence-corrected chi connectivity index (χ1v) is 9.74. The Morgan fingerprint density at radius 3 is 2.26 bits per heavy atom. The average Bonchev–Trinajstić information content (AvgIpc) is 3.09. The summed E-state index contributed by atoms with van der Waals surface area (Å²) in [7, 11) is -1.52. The maximum absolute atomic E-state index is 11.1. The number of ether oxygens (including phenoxy) is 2. The fraction of sp³-hybridized carbons (Fsp3) is 0.273. The molecule has 1 heterocycles. The number of hydrogen-bond acceptors (Lipinski definition) is 7. The molecule has 0 aliphatic rings. The van der Waals surface area contributed by atoms with E-state index in [1.807, 2.05) is 6.92 Å². The zero-order valence-corrected chi connectivity index (χ0v) is 17.5. The summed E-state index contributed by atoms with van der Waals surface area (Å²) in [4.78, 5) is 15.7. The van der Waals surface area contributed by atoms with Crippen LogP contribution in [0.4, 0.5) is 0 Å². The number of nitrogens with zero attached hydrogens (tertiary/aromatic N) is 1. The molecular formula is C22H24BNO7. The average molecular weight is 425 g/mol. The Kier molecular flexibility index (Phi) is 6.67. The molecule has 0 unspecified atom stereocenters. The number of rotatable bonds is 9. The van der Waals surface area contributed by atoms with Gasteiger partial charge < -0.3 is 29.0 Å². The van der Waals surface area contributed by atoms with Crippen LogP contribution in [0.3, 0.4) is 0 Å². The summed E-state index contributed by atoms with van der Waals surface area (Å²) >= 11 is 0. The Morgan fingerprint density at radius 1 is 1.06 bits per heavy atom. The number of aliphatic carboxylic acids is 1. The fourth-order valence-corrected chi connectivity index (χ4v) is 2.79. The van der Waals surface area contributed by atoms with Gasteiger partial charge in [-0.3, -0.25) is 0 Å². The van der Waals surface area contributed by atoms with E-state index in [-0.39, 0.29) is 0 Å². The van der Waals surface area contributed by atoms with Crippen LogP contribution >= 0.6 is 0 Å². The predicted octanol–water partition coefficient (Wildman–Crippen LogP) is 2.19. The highest BCUT2D eigenvalue weighted by Crippen LogP contribution is 2.24. The molecule has 8 nitrogen and oxygen atoms in total. The summed E-state index contributed by atoms with van der Waals surface area (Å²) in [6.45, 7) is 5.18. The van der Waals surface area contributed by atoms with E-state index in [1.165, 1.54) is 13.8 Å². The summed E-state index contributed by atoms with van der Waals surface area (Å²) in [6, 6.07) is 13.4. The number of carbonyl (C=O) groups is 1. The van der Waals surface area contributed by atoms with E-state index in [4.69, 9.17) is 19.0 Å². The summed E-state index contributed by atoms with van der Waals surface area (Å²) < 4.78 is 16.9. The smallest absolute Gasteiger partial charge is 0.488 e. The summed E-state index contributed by atoms with van der Waals surface area (Å²) in [5.41, 5.74) is 0.579. The van der Waals surface area contributed by atoms with Crippen LogP contribution in [0.1, 0.15) is 25.3 Å². The first kappa shape index (κ1) is 22.4. The summed E-state index contributed by atoms with van der Waals surface area (Å²) in [5.74, 6) is 1.16. The topological polar surface area (TPSA) is 122 Å². The zero-order chi connectivity index (χ0) is 22.6. The molecule has 0 fully saturated rings. The van der Waals surface area contributed by atoms with E-state index in [2.05, 4.69) is 4.98 Å². The minimum absolute atomic E-state index is 0.378. The monoisotopic (exact) mass is 425 g/mol. The van der Waals surface area contributed by atoms with Gasteiger partial charge in [0.2, 0.25) is 5.89 Å². The second-order valence-corrected chi connectivity index (χ2v) is 7.50. The van der Waals surface area contributed by atoms with Gasteiger partial charge in [0, 0.05) is 12.0 Å². The quantitative estimate of drug-likeness (QED) is 0.446. The molecule has 0 amide bonds. The van der Waals surface area contributed by atoms with Crippen LogP contribution in [-0.2, 0) is 11.2 Å². The van der Waals surface area contributed by atoms with Crippen molar-refractivity contribution in [3.05, 3.63) is 60.0 Å². The van der Waals surface area contributed by atoms with Gasteiger partial charge in [0.15, 0.2) is 5.60 Å². The lowest BCUT2D eigenvalue weighted by molar-refractivity contribution is -0.152. The van der Waals surface area contributed by atoms with Crippen molar-refractivity contribution in [1.82, 2.24) is 4.98 Å². The van der Waals surface area contributed by atoms with Crippen molar-refractivity contribution >= 4 is 18.6 Å². The maximum Gasteiger partial charge on any atom is 0.488 e. The minimum Gasteiger partial charge on any atom is -0.493 e. The first-order chi connectivity index (χ1) is 14.7. The molecule has 1 aromatic heterocycles. The molecule has 0 spiro atoms. The number of hydrogen-bond donors (Lipinski definition) is 3. The standard InChI is InChI=1S/C22H24BNO7/c1-14-19(24-20(30-14)15-4-6-16(7-5-15)23(27)28)12-13-29-17-8-10-18(11-9-17)31-22(2,3)21(25)26/h4-11,27-28H,12-13H2,1-3H3,(H,25,26). The SMILES string of the molecule is Cc1oc(-c2ccc(B(O)O)cc2)nc1CCOc1ccc(OC(C)(C)C(=O)O)cc1. The van der Waals surface area contributed by atoms with Gasteiger partial charge >= 0.3 is 13.1 Å². The molecule has 31 heavy (non-hydrogen) atoms. The summed E-state index contributed by atoms with van der Waals surface area (Å²) in [6.07, 6.45) is 0.535. The second-order valence-electron chi connectivity index (χ2n) is 7.50. The largest absolute Gasteiger partial charge is 0.493 e. The van der Waals surface area contributed by atoms with Crippen molar-refractivity contribution in [2.45, 2.75) is 32.8 Å². The van der Waals surface area contributed by atoms with Crippen molar-refractivity contribution in [3.8, 4) is 23.0 Å². The number of carboxylic acids is 1. The lowest BCUT2D eigenvalue weighted by Gasteiger charge is -2.21. The second kappa shape index (κ2) is 9.24. The molecule has 0 aliphatic heterocycles. The molecule has 0 radical (unpaired) electrons. The number of aromatic nitrogens is 1. The van der Waals surface area contributed by atoms with Crippen LogP contribution in [0.25, 0.3) is 11.5 Å². The molecule has 0 atom stereocenters. The number of aryl methyl sites for hydroxylation is 1. The van der Waals surface area contributed by atoms with Crippen molar-refractivity contribution in [3.63, 3.8) is 0 Å². The van der Waals surface area contributed by atoms with Crippen LogP contribution in [-0.4, -0.2) is 45.4 Å². The molecule has 3 rings (SSSR count). The molecular weight excluding hydrogens is 401 g/mol. The van der Waals surface area contributed by atoms with Gasteiger partial charge in [-0.25, -0.2) is 9.78 Å². The van der Waals surface area contributed by atoms with Crippen molar-refractivity contribution in [2.75, 3.05) is 6.61 Å². The Hall–Kier alpha value is -3.30. The highest BCUT2D eigenvalue weighted by Gasteiger charge is 2.29. The van der Waals surface area contributed by atoms with Crippen LogP contribution < -0.4 is 14.9 Å². The normalized spacial score (nSPS) is 11.3. The predicted molar refractivity (Wildman–Crippen MR) is 114 cm³/mol. The third kappa shape index (κ3) is 5.65. The number of carboxylic acid groups (broad SMARTS) is 1. The Labute approximate surface area is 180 Å². The van der Waals surface area contributed by atoms with Gasteiger partial charge in [0.1, 0.15) is 17.3 Å². The van der Waals surface area contributed by atoms with E-state index >= 15 is 0 Å². The molecule has 2 aromatic carbocycles. The van der Waals surface area contributed by atoms with E-state index in [0.29, 0.717) is 41.6 Å². The van der Waals surface area contributed by atoms with Gasteiger partial charge in [-0.05, 0) is 62.6 Å². The molecule has 0 saturated heterocycles. The minimum atomic E-state index is -1.52. The maximum atomic E-state index is 11.1. The first-order valence-electron chi connectivity index (χ1n) is 9.74. The lowest BCUT2D eigenvalue weighted by atomic mass is 9.80. The molecule has 3 N–H and O–H groups in total. The van der Waals surface area contributed by atoms with Gasteiger partial charge in [0.05, 0.1) is 12.3 Å². The molecule has 0 saturated carbocycles. The van der Waals surface area contributed by atoms with Crippen molar-refractivity contribution in [2.24, 2.45) is 0 Å². The van der Waals surface area contributed by atoms with Crippen LogP contribution in [0.5, 0.6) is 11.5 Å². The van der Waals surface area contributed by atoms with Gasteiger partial charge in [-0.15, -0.1) is 0 Å². The Bertz CT molecular complexity index is 1030. The van der Waals surface area contributed by atoms with E-state index in [0.717, 1.165) is 11.3 Å². The molecule has 9 heteroatoms. The van der Waals surface area contributed by atoms with E-state index in [1.54, 1.807) is 48.5 Å². The van der Waals surface area contributed by atoms with Crippen LogP contribution in [0, 0.1) is 6.92 Å². The highest BCUT2D eigenvalue weighted by atomic mass is 16.5. The third-order valence-electron chi connectivity index (χ3n) is 4.67. The zero-order valence-electron chi connectivity index (χ0n) is 17.5. The van der Waals surface area contributed by atoms with Crippen LogP contribution in [0.2, 0.25) is 0 Å². The van der Waals surface area contributed by atoms with Crippen LogP contribution in [0.15, 0.2) is 52.9 Å².